The molecule has 1 aliphatic rings. The molecule has 9 heteroatoms. The van der Waals surface area contributed by atoms with Crippen LogP contribution in [0.2, 0.25) is 10.0 Å². The number of Topliss-reactive ketones (excluding diaryl/α,β-unsaturated/α-hetero) is 1. The van der Waals surface area contributed by atoms with Gasteiger partial charge in [0.15, 0.2) is 5.82 Å². The first-order valence-corrected chi connectivity index (χ1v) is 11.0. The number of nitrogens with zero attached hydrogens (tertiary/aromatic N) is 2. The van der Waals surface area contributed by atoms with E-state index in [1.165, 1.54) is 11.0 Å². The fraction of sp³-hybridized carbons (Fsp3) is 0.208. The first-order valence-electron chi connectivity index (χ1n) is 10.2. The minimum atomic E-state index is -0.986. The second-order valence-electron chi connectivity index (χ2n) is 7.51. The molecule has 0 aliphatic carbocycles. The molecule has 0 unspecified atom stereocenters. The molecule has 2 aromatic carbocycles. The zero-order valence-corrected chi connectivity index (χ0v) is 19.4. The van der Waals surface area contributed by atoms with Crippen molar-refractivity contribution in [1.29, 1.82) is 0 Å². The molecule has 1 aromatic heterocycles. The van der Waals surface area contributed by atoms with Gasteiger partial charge in [-0.15, -0.1) is 0 Å². The SMILES string of the molecule is CCCOc1ccc(/C(O)=C2\C(=O)C(=O)N(c3cc(C)on3)[C@@H]2c2ccc(Cl)c(Cl)c2)cc1. The topological polar surface area (TPSA) is 92.9 Å². The van der Waals surface area contributed by atoms with E-state index >= 15 is 0 Å². The zero-order chi connectivity index (χ0) is 23.7. The number of halogens is 2. The normalized spacial score (nSPS) is 17.6. The molecule has 33 heavy (non-hydrogen) atoms. The van der Waals surface area contributed by atoms with E-state index in [0.29, 0.717) is 34.3 Å². The maximum absolute atomic E-state index is 13.1. The quantitative estimate of drug-likeness (QED) is 0.272. The molecule has 170 valence electrons. The molecular weight excluding hydrogens is 467 g/mol. The number of carbonyl (C=O) groups is 2. The standard InChI is InChI=1S/C24H20Cl2N2O5/c1-3-10-32-16-7-4-14(5-8-16)22(29)20-21(15-6-9-17(25)18(26)12-15)28(24(31)23(20)30)19-11-13(2)33-27-19/h4-9,11-12,21,29H,3,10H2,1-2H3/b22-20+/t21-/m1/s1. The third kappa shape index (κ3) is 4.34. The van der Waals surface area contributed by atoms with E-state index in [1.54, 1.807) is 49.4 Å². The first-order chi connectivity index (χ1) is 15.8. The Balaban J connectivity index is 1.86. The van der Waals surface area contributed by atoms with Crippen molar-refractivity contribution in [2.75, 3.05) is 11.5 Å². The fourth-order valence-corrected chi connectivity index (χ4v) is 3.92. The van der Waals surface area contributed by atoms with Crippen molar-refractivity contribution in [3.8, 4) is 5.75 Å². The number of benzene rings is 2. The summed E-state index contributed by atoms with van der Waals surface area (Å²) in [6.45, 7) is 4.23. The summed E-state index contributed by atoms with van der Waals surface area (Å²) in [4.78, 5) is 27.3. The number of aryl methyl sites for hydroxylation is 1. The summed E-state index contributed by atoms with van der Waals surface area (Å²) in [5.74, 6) is -0.781. The van der Waals surface area contributed by atoms with E-state index in [0.717, 1.165) is 6.42 Å². The molecule has 1 atom stereocenters. The average molecular weight is 487 g/mol. The van der Waals surface area contributed by atoms with Gasteiger partial charge >= 0.3 is 5.91 Å². The molecule has 3 aromatic rings. The molecule has 0 spiro atoms. The third-order valence-corrected chi connectivity index (χ3v) is 5.91. The highest BCUT2D eigenvalue weighted by molar-refractivity contribution is 6.51. The Morgan fingerprint density at radius 1 is 1.12 bits per heavy atom. The van der Waals surface area contributed by atoms with Crippen LogP contribution in [-0.4, -0.2) is 28.6 Å². The number of anilines is 1. The maximum atomic E-state index is 13.1. The lowest BCUT2D eigenvalue weighted by molar-refractivity contribution is -0.132. The van der Waals surface area contributed by atoms with Crippen LogP contribution in [0.25, 0.3) is 5.76 Å². The number of ether oxygens (including phenoxy) is 1. The molecule has 1 aliphatic heterocycles. The van der Waals surface area contributed by atoms with Crippen molar-refractivity contribution in [3.63, 3.8) is 0 Å². The minimum Gasteiger partial charge on any atom is -0.507 e. The largest absolute Gasteiger partial charge is 0.507 e. The summed E-state index contributed by atoms with van der Waals surface area (Å²) in [6, 6.07) is 11.9. The molecule has 0 radical (unpaired) electrons. The van der Waals surface area contributed by atoms with Gasteiger partial charge in [-0.1, -0.05) is 41.3 Å². The summed E-state index contributed by atoms with van der Waals surface area (Å²) in [7, 11) is 0. The third-order valence-electron chi connectivity index (χ3n) is 5.17. The number of aliphatic hydroxyl groups excluding tert-OH is 1. The van der Waals surface area contributed by atoms with E-state index in [2.05, 4.69) is 5.16 Å². The van der Waals surface area contributed by atoms with E-state index in [4.69, 9.17) is 32.5 Å². The molecule has 1 fully saturated rings. The molecule has 7 nitrogen and oxygen atoms in total. The van der Waals surface area contributed by atoms with Crippen LogP contribution in [0.4, 0.5) is 5.82 Å². The summed E-state index contributed by atoms with van der Waals surface area (Å²) >= 11 is 12.3. The number of hydrogen-bond donors (Lipinski definition) is 1. The second kappa shape index (κ2) is 9.29. The van der Waals surface area contributed by atoms with Gasteiger partial charge in [-0.05, 0) is 55.3 Å². The predicted octanol–water partition coefficient (Wildman–Crippen LogP) is 5.70. The summed E-state index contributed by atoms with van der Waals surface area (Å²) in [6.07, 6.45) is 0.857. The Morgan fingerprint density at radius 2 is 1.85 bits per heavy atom. The van der Waals surface area contributed by atoms with E-state index < -0.39 is 17.7 Å². The Bertz CT molecular complexity index is 1250. The molecule has 4 rings (SSSR count). The number of rotatable bonds is 6. The molecule has 2 heterocycles. The van der Waals surface area contributed by atoms with Gasteiger partial charge in [-0.2, -0.15) is 0 Å². The van der Waals surface area contributed by atoms with Gasteiger partial charge < -0.3 is 14.4 Å². The Hall–Kier alpha value is -3.29. The van der Waals surface area contributed by atoms with E-state index in [1.807, 2.05) is 6.92 Å². The number of aromatic nitrogens is 1. The van der Waals surface area contributed by atoms with Crippen molar-refractivity contribution in [1.82, 2.24) is 5.16 Å². The monoisotopic (exact) mass is 486 g/mol. The van der Waals surface area contributed by atoms with Crippen LogP contribution in [0.15, 0.2) is 58.6 Å². The van der Waals surface area contributed by atoms with Gasteiger partial charge in [0.2, 0.25) is 0 Å². The van der Waals surface area contributed by atoms with Crippen LogP contribution in [0, 0.1) is 6.92 Å². The summed E-state index contributed by atoms with van der Waals surface area (Å²) in [5.41, 5.74) is 0.744. The van der Waals surface area contributed by atoms with Crippen LogP contribution < -0.4 is 9.64 Å². The van der Waals surface area contributed by atoms with Crippen molar-refractivity contribution in [3.05, 3.63) is 81.0 Å². The highest BCUT2D eigenvalue weighted by atomic mass is 35.5. The van der Waals surface area contributed by atoms with Crippen molar-refractivity contribution in [2.24, 2.45) is 0 Å². The number of amides is 1. The van der Waals surface area contributed by atoms with Gasteiger partial charge in [0, 0.05) is 11.6 Å². The molecule has 1 N–H and O–H groups in total. The average Bonchev–Trinajstić information content (AvgIpc) is 3.34. The van der Waals surface area contributed by atoms with Gasteiger partial charge in [0.25, 0.3) is 5.78 Å². The number of ketones is 1. The van der Waals surface area contributed by atoms with Crippen molar-refractivity contribution >= 4 is 46.5 Å². The van der Waals surface area contributed by atoms with Crippen LogP contribution in [0.1, 0.15) is 36.3 Å². The number of aliphatic hydroxyl groups is 1. The first kappa shape index (κ1) is 22.9. The van der Waals surface area contributed by atoms with Gasteiger partial charge in [-0.3, -0.25) is 14.5 Å². The fourth-order valence-electron chi connectivity index (χ4n) is 3.62. The molecule has 1 saturated heterocycles. The molecular formula is C24H20Cl2N2O5. The summed E-state index contributed by atoms with van der Waals surface area (Å²) < 4.78 is 10.7. The lowest BCUT2D eigenvalue weighted by Gasteiger charge is -2.23. The van der Waals surface area contributed by atoms with Gasteiger partial charge in [0.05, 0.1) is 28.3 Å². The minimum absolute atomic E-state index is 0.0960. The van der Waals surface area contributed by atoms with Crippen molar-refractivity contribution in [2.45, 2.75) is 26.3 Å². The van der Waals surface area contributed by atoms with Crippen molar-refractivity contribution < 1.29 is 24.0 Å². The Morgan fingerprint density at radius 3 is 2.45 bits per heavy atom. The Labute approximate surface area is 200 Å². The van der Waals surface area contributed by atoms with Crippen LogP contribution in [0.5, 0.6) is 5.75 Å². The number of hydrogen-bond acceptors (Lipinski definition) is 6. The van der Waals surface area contributed by atoms with E-state index in [-0.39, 0.29) is 22.2 Å². The highest BCUT2D eigenvalue weighted by Gasteiger charge is 2.48. The molecule has 1 amide bonds. The van der Waals surface area contributed by atoms with Crippen LogP contribution >= 0.6 is 23.2 Å². The molecule has 0 saturated carbocycles. The highest BCUT2D eigenvalue weighted by Crippen LogP contribution is 2.43. The predicted molar refractivity (Wildman–Crippen MR) is 125 cm³/mol. The van der Waals surface area contributed by atoms with Gasteiger partial charge in [0.1, 0.15) is 17.3 Å². The second-order valence-corrected chi connectivity index (χ2v) is 8.33. The smallest absolute Gasteiger partial charge is 0.301 e. The van der Waals surface area contributed by atoms with Crippen LogP contribution in [-0.2, 0) is 9.59 Å². The lowest BCUT2D eigenvalue weighted by Crippen LogP contribution is -2.29. The van der Waals surface area contributed by atoms with Crippen LogP contribution in [0.3, 0.4) is 0 Å². The Kier molecular flexibility index (Phi) is 6.44. The van der Waals surface area contributed by atoms with E-state index in [9.17, 15) is 14.7 Å². The summed E-state index contributed by atoms with van der Waals surface area (Å²) in [5, 5.41) is 15.6. The maximum Gasteiger partial charge on any atom is 0.301 e. The number of carbonyl (C=O) groups excluding carboxylic acids is 2. The molecule has 0 bridgehead atoms. The zero-order valence-electron chi connectivity index (χ0n) is 17.8. The lowest BCUT2D eigenvalue weighted by atomic mass is 9.95. The van der Waals surface area contributed by atoms with Gasteiger partial charge in [-0.25, -0.2) is 0 Å².